The SMILES string of the molecule is Cc1nc(Sc2ccc(N)c(C(=O)O)c2)n[nH]1. The topological polar surface area (TPSA) is 105 Å². The van der Waals surface area contributed by atoms with Gasteiger partial charge in [0.1, 0.15) is 5.82 Å². The fourth-order valence-electron chi connectivity index (χ4n) is 1.26. The molecule has 17 heavy (non-hydrogen) atoms. The van der Waals surface area contributed by atoms with E-state index in [1.807, 2.05) is 0 Å². The summed E-state index contributed by atoms with van der Waals surface area (Å²) in [6, 6.07) is 4.80. The lowest BCUT2D eigenvalue weighted by Crippen LogP contribution is -2.02. The van der Waals surface area contributed by atoms with Crippen molar-refractivity contribution in [3.8, 4) is 0 Å². The third-order valence-corrected chi connectivity index (χ3v) is 2.90. The Morgan fingerprint density at radius 2 is 2.29 bits per heavy atom. The average molecular weight is 250 g/mol. The first-order chi connectivity index (χ1) is 8.06. The molecule has 0 amide bonds. The molecule has 0 bridgehead atoms. The Balaban J connectivity index is 2.28. The summed E-state index contributed by atoms with van der Waals surface area (Å²) in [5.41, 5.74) is 5.89. The number of hydrogen-bond acceptors (Lipinski definition) is 5. The van der Waals surface area contributed by atoms with Crippen molar-refractivity contribution in [2.45, 2.75) is 17.0 Å². The number of hydrogen-bond donors (Lipinski definition) is 3. The fraction of sp³-hybridized carbons (Fsp3) is 0.100. The van der Waals surface area contributed by atoms with Crippen LogP contribution in [-0.2, 0) is 0 Å². The molecule has 0 saturated heterocycles. The first kappa shape index (κ1) is 11.5. The predicted octanol–water partition coefficient (Wildman–Crippen LogP) is 1.54. The highest BCUT2D eigenvalue weighted by molar-refractivity contribution is 7.99. The number of aromatic amines is 1. The van der Waals surface area contributed by atoms with Crippen LogP contribution in [0.25, 0.3) is 0 Å². The summed E-state index contributed by atoms with van der Waals surface area (Å²) < 4.78 is 0. The molecule has 0 spiro atoms. The van der Waals surface area contributed by atoms with Gasteiger partial charge in [0, 0.05) is 10.6 Å². The Labute approximate surface area is 101 Å². The number of carboxylic acids is 1. The van der Waals surface area contributed by atoms with E-state index in [0.717, 1.165) is 4.90 Å². The quantitative estimate of drug-likeness (QED) is 0.714. The molecule has 0 saturated carbocycles. The van der Waals surface area contributed by atoms with Gasteiger partial charge < -0.3 is 10.8 Å². The van der Waals surface area contributed by atoms with Crippen LogP contribution < -0.4 is 5.73 Å². The average Bonchev–Trinajstić information content (AvgIpc) is 2.66. The fourth-order valence-corrected chi connectivity index (χ4v) is 2.05. The number of nitrogens with zero attached hydrogens (tertiary/aromatic N) is 2. The van der Waals surface area contributed by atoms with Crippen molar-refractivity contribution in [3.63, 3.8) is 0 Å². The first-order valence-electron chi connectivity index (χ1n) is 4.76. The molecule has 0 fully saturated rings. The van der Waals surface area contributed by atoms with Crippen LogP contribution in [0.2, 0.25) is 0 Å². The number of rotatable bonds is 3. The van der Waals surface area contributed by atoms with Crippen molar-refractivity contribution >= 4 is 23.4 Å². The molecule has 0 aliphatic heterocycles. The van der Waals surface area contributed by atoms with Gasteiger partial charge >= 0.3 is 5.97 Å². The van der Waals surface area contributed by atoms with Crippen LogP contribution in [0.15, 0.2) is 28.3 Å². The number of H-pyrrole nitrogens is 1. The molecule has 88 valence electrons. The Bertz CT molecular complexity index is 567. The summed E-state index contributed by atoms with van der Waals surface area (Å²) in [5.74, 6) is -0.336. The molecule has 4 N–H and O–H groups in total. The van der Waals surface area contributed by atoms with E-state index in [1.165, 1.54) is 17.8 Å². The van der Waals surface area contributed by atoms with Crippen LogP contribution >= 0.6 is 11.8 Å². The molecule has 0 radical (unpaired) electrons. The highest BCUT2D eigenvalue weighted by Crippen LogP contribution is 2.27. The number of anilines is 1. The zero-order chi connectivity index (χ0) is 12.4. The minimum Gasteiger partial charge on any atom is -0.478 e. The van der Waals surface area contributed by atoms with Gasteiger partial charge in [-0.15, -0.1) is 5.10 Å². The number of aromatic carboxylic acids is 1. The van der Waals surface area contributed by atoms with Gasteiger partial charge in [-0.2, -0.15) is 0 Å². The predicted molar refractivity (Wildman–Crippen MR) is 63.1 cm³/mol. The second kappa shape index (κ2) is 4.46. The molecule has 1 heterocycles. The molecule has 7 heteroatoms. The van der Waals surface area contributed by atoms with Crippen molar-refractivity contribution in [1.82, 2.24) is 15.2 Å². The van der Waals surface area contributed by atoms with E-state index in [1.54, 1.807) is 19.1 Å². The summed E-state index contributed by atoms with van der Waals surface area (Å²) in [6.45, 7) is 1.79. The highest BCUT2D eigenvalue weighted by Gasteiger charge is 2.10. The smallest absolute Gasteiger partial charge is 0.337 e. The van der Waals surface area contributed by atoms with Gasteiger partial charge in [0.05, 0.1) is 5.56 Å². The Hall–Kier alpha value is -2.02. The van der Waals surface area contributed by atoms with E-state index in [2.05, 4.69) is 15.2 Å². The van der Waals surface area contributed by atoms with Crippen LogP contribution in [0, 0.1) is 6.92 Å². The van der Waals surface area contributed by atoms with Gasteiger partial charge in [-0.1, -0.05) is 0 Å². The van der Waals surface area contributed by atoms with Gasteiger partial charge in [0.2, 0.25) is 5.16 Å². The molecular weight excluding hydrogens is 240 g/mol. The Morgan fingerprint density at radius 1 is 1.53 bits per heavy atom. The van der Waals surface area contributed by atoms with Crippen LogP contribution in [0.5, 0.6) is 0 Å². The van der Waals surface area contributed by atoms with Crippen molar-refractivity contribution in [2.24, 2.45) is 0 Å². The standard InChI is InChI=1S/C10H10N4O2S/c1-5-12-10(14-13-5)17-6-2-3-8(11)7(4-6)9(15)16/h2-4H,11H2,1H3,(H,15,16)(H,12,13,14). The van der Waals surface area contributed by atoms with Crippen molar-refractivity contribution in [1.29, 1.82) is 0 Å². The number of benzene rings is 1. The van der Waals surface area contributed by atoms with Crippen LogP contribution in [0.4, 0.5) is 5.69 Å². The molecule has 1 aromatic carbocycles. The normalized spacial score (nSPS) is 10.4. The van der Waals surface area contributed by atoms with E-state index in [4.69, 9.17) is 10.8 Å². The zero-order valence-electron chi connectivity index (χ0n) is 8.97. The van der Waals surface area contributed by atoms with Gasteiger partial charge in [-0.25, -0.2) is 9.78 Å². The molecule has 6 nitrogen and oxygen atoms in total. The maximum Gasteiger partial charge on any atom is 0.337 e. The Morgan fingerprint density at radius 3 is 2.88 bits per heavy atom. The second-order valence-corrected chi connectivity index (χ2v) is 4.40. The van der Waals surface area contributed by atoms with Crippen LogP contribution in [0.3, 0.4) is 0 Å². The number of nitrogens with two attached hydrogens (primary N) is 1. The monoisotopic (exact) mass is 250 g/mol. The zero-order valence-corrected chi connectivity index (χ0v) is 9.78. The second-order valence-electron chi connectivity index (χ2n) is 3.36. The third-order valence-electron chi connectivity index (χ3n) is 2.04. The van der Waals surface area contributed by atoms with Crippen molar-refractivity contribution < 1.29 is 9.90 Å². The summed E-state index contributed by atoms with van der Waals surface area (Å²) in [4.78, 5) is 15.8. The summed E-state index contributed by atoms with van der Waals surface area (Å²) >= 11 is 1.28. The largest absolute Gasteiger partial charge is 0.478 e. The lowest BCUT2D eigenvalue weighted by Gasteiger charge is -2.02. The van der Waals surface area contributed by atoms with Crippen LogP contribution in [0.1, 0.15) is 16.2 Å². The van der Waals surface area contributed by atoms with E-state index in [0.29, 0.717) is 11.0 Å². The highest BCUT2D eigenvalue weighted by atomic mass is 32.2. The molecule has 0 aliphatic carbocycles. The van der Waals surface area contributed by atoms with E-state index in [9.17, 15) is 4.79 Å². The summed E-state index contributed by atoms with van der Waals surface area (Å²) in [6.07, 6.45) is 0. The van der Waals surface area contributed by atoms with E-state index >= 15 is 0 Å². The lowest BCUT2D eigenvalue weighted by atomic mass is 10.2. The number of carbonyl (C=O) groups is 1. The maximum atomic E-state index is 10.9. The van der Waals surface area contributed by atoms with Gasteiger partial charge in [-0.3, -0.25) is 5.10 Å². The van der Waals surface area contributed by atoms with Gasteiger partial charge in [-0.05, 0) is 36.9 Å². The maximum absolute atomic E-state index is 10.9. The molecular formula is C10H10N4O2S. The molecule has 2 rings (SSSR count). The van der Waals surface area contributed by atoms with Gasteiger partial charge in [0.15, 0.2) is 0 Å². The summed E-state index contributed by atoms with van der Waals surface area (Å²) in [7, 11) is 0. The van der Waals surface area contributed by atoms with Crippen molar-refractivity contribution in [2.75, 3.05) is 5.73 Å². The van der Waals surface area contributed by atoms with E-state index in [-0.39, 0.29) is 11.3 Å². The molecule has 2 aromatic rings. The van der Waals surface area contributed by atoms with Gasteiger partial charge in [0.25, 0.3) is 0 Å². The van der Waals surface area contributed by atoms with E-state index < -0.39 is 5.97 Å². The Kier molecular flexibility index (Phi) is 3.01. The van der Waals surface area contributed by atoms with Crippen LogP contribution in [-0.4, -0.2) is 26.3 Å². The molecule has 0 unspecified atom stereocenters. The lowest BCUT2D eigenvalue weighted by molar-refractivity contribution is 0.0698. The number of aromatic nitrogens is 3. The first-order valence-corrected chi connectivity index (χ1v) is 5.57. The third kappa shape index (κ3) is 2.56. The minimum atomic E-state index is -1.05. The molecule has 0 atom stereocenters. The number of carboxylic acid groups (broad SMARTS) is 1. The number of nitrogens with one attached hydrogen (secondary N) is 1. The number of aryl methyl sites for hydroxylation is 1. The molecule has 1 aromatic heterocycles. The minimum absolute atomic E-state index is 0.0854. The molecule has 0 aliphatic rings. The number of nitrogen functional groups attached to an aromatic ring is 1. The summed E-state index contributed by atoms with van der Waals surface area (Å²) in [5, 5.41) is 16.1. The van der Waals surface area contributed by atoms with Crippen molar-refractivity contribution in [3.05, 3.63) is 29.6 Å².